The minimum atomic E-state index is -1.37. The molecule has 0 aliphatic heterocycles. The van der Waals surface area contributed by atoms with E-state index in [1.54, 1.807) is 6.92 Å². The molecule has 6 heteroatoms. The summed E-state index contributed by atoms with van der Waals surface area (Å²) in [6, 6.07) is 0. The number of hydrogen-bond acceptors (Lipinski definition) is 6. The zero-order chi connectivity index (χ0) is 15.5. The van der Waals surface area contributed by atoms with E-state index in [0.29, 0.717) is 0 Å². The second-order valence-electron chi connectivity index (χ2n) is 3.86. The van der Waals surface area contributed by atoms with Crippen molar-refractivity contribution < 1.29 is 28.6 Å². The third-order valence-electron chi connectivity index (χ3n) is 2.35. The summed E-state index contributed by atoms with van der Waals surface area (Å²) >= 11 is 0. The minimum absolute atomic E-state index is 0.0559. The molecule has 0 aromatic carbocycles. The van der Waals surface area contributed by atoms with E-state index in [1.807, 2.05) is 0 Å². The van der Waals surface area contributed by atoms with Crippen molar-refractivity contribution in [3.8, 4) is 0 Å². The summed E-state index contributed by atoms with van der Waals surface area (Å²) in [5.74, 6) is -4.72. The molecule has 0 aliphatic rings. The van der Waals surface area contributed by atoms with Crippen LogP contribution in [0.2, 0.25) is 0 Å². The zero-order valence-corrected chi connectivity index (χ0v) is 11.8. The van der Waals surface area contributed by atoms with E-state index in [0.717, 1.165) is 0 Å². The van der Waals surface area contributed by atoms with Crippen LogP contribution in [0.15, 0.2) is 25.3 Å². The van der Waals surface area contributed by atoms with Gasteiger partial charge in [0.15, 0.2) is 5.92 Å². The Morgan fingerprint density at radius 2 is 1.40 bits per heavy atom. The van der Waals surface area contributed by atoms with Crippen LogP contribution in [0.3, 0.4) is 0 Å². The Balaban J connectivity index is 4.97. The van der Waals surface area contributed by atoms with E-state index in [1.165, 1.54) is 19.1 Å². The molecule has 6 nitrogen and oxygen atoms in total. The molecule has 0 saturated heterocycles. The average Bonchev–Trinajstić information content (AvgIpc) is 2.43. The molecule has 0 heterocycles. The van der Waals surface area contributed by atoms with Gasteiger partial charge >= 0.3 is 17.9 Å². The highest BCUT2D eigenvalue weighted by atomic mass is 16.6. The lowest BCUT2D eigenvalue weighted by atomic mass is 9.94. The predicted octanol–water partition coefficient (Wildman–Crippen LogP) is 1.26. The van der Waals surface area contributed by atoms with E-state index >= 15 is 0 Å². The van der Waals surface area contributed by atoms with Gasteiger partial charge in [0.25, 0.3) is 0 Å². The molecule has 0 unspecified atom stereocenters. The van der Waals surface area contributed by atoms with E-state index in [4.69, 9.17) is 14.2 Å². The second-order valence-corrected chi connectivity index (χ2v) is 3.86. The van der Waals surface area contributed by atoms with Gasteiger partial charge in [-0.15, -0.1) is 0 Å². The van der Waals surface area contributed by atoms with Crippen molar-refractivity contribution in [1.29, 1.82) is 0 Å². The first-order valence-electron chi connectivity index (χ1n) is 6.21. The maximum absolute atomic E-state index is 11.9. The number of carbonyl (C=O) groups is 3. The molecule has 0 fully saturated rings. The molecule has 0 aromatic rings. The Hall–Kier alpha value is -2.11. The fourth-order valence-corrected chi connectivity index (χ4v) is 1.38. The SMILES string of the molecule is C=CCOC(=O)C(C(=O)OCC=C)[C@H](C)C(=O)OCC. The van der Waals surface area contributed by atoms with Crippen molar-refractivity contribution in [3.63, 3.8) is 0 Å². The van der Waals surface area contributed by atoms with Crippen molar-refractivity contribution in [2.45, 2.75) is 13.8 Å². The van der Waals surface area contributed by atoms with Crippen LogP contribution in [0, 0.1) is 11.8 Å². The second kappa shape index (κ2) is 9.77. The van der Waals surface area contributed by atoms with Gasteiger partial charge in [0, 0.05) is 0 Å². The van der Waals surface area contributed by atoms with Crippen LogP contribution in [0.4, 0.5) is 0 Å². The molecule has 0 saturated carbocycles. The number of hydrogen-bond donors (Lipinski definition) is 0. The van der Waals surface area contributed by atoms with Gasteiger partial charge < -0.3 is 14.2 Å². The Labute approximate surface area is 118 Å². The fourth-order valence-electron chi connectivity index (χ4n) is 1.38. The van der Waals surface area contributed by atoms with Gasteiger partial charge in [-0.1, -0.05) is 32.2 Å². The van der Waals surface area contributed by atoms with Crippen molar-refractivity contribution >= 4 is 17.9 Å². The standard InChI is InChI=1S/C14H20O6/c1-5-8-19-13(16)11(14(17)20-9-6-2)10(4)12(15)18-7-3/h5-6,10-11H,1-2,7-9H2,3-4H3/t10-/m0/s1. The molecule has 1 atom stereocenters. The molecule has 0 radical (unpaired) electrons. The molecule has 112 valence electrons. The Bertz CT molecular complexity index is 350. The fraction of sp³-hybridized carbons (Fsp3) is 0.500. The van der Waals surface area contributed by atoms with Crippen LogP contribution in [-0.2, 0) is 28.6 Å². The molecule has 0 aromatic heterocycles. The summed E-state index contributed by atoms with van der Waals surface area (Å²) in [6.45, 7) is 9.88. The van der Waals surface area contributed by atoms with Gasteiger partial charge in [0.1, 0.15) is 13.2 Å². The number of ether oxygens (including phenoxy) is 3. The first-order chi connectivity index (χ1) is 9.49. The Kier molecular flexibility index (Phi) is 8.74. The molecule has 0 amide bonds. The van der Waals surface area contributed by atoms with E-state index in [-0.39, 0.29) is 19.8 Å². The summed E-state index contributed by atoms with van der Waals surface area (Å²) < 4.78 is 14.4. The zero-order valence-electron chi connectivity index (χ0n) is 11.8. The largest absolute Gasteiger partial charge is 0.466 e. The molecule has 0 N–H and O–H groups in total. The summed E-state index contributed by atoms with van der Waals surface area (Å²) in [7, 11) is 0. The molecular weight excluding hydrogens is 264 g/mol. The first kappa shape index (κ1) is 17.9. The van der Waals surface area contributed by atoms with Gasteiger partial charge in [-0.25, -0.2) is 0 Å². The van der Waals surface area contributed by atoms with Gasteiger partial charge in [0.2, 0.25) is 0 Å². The number of carbonyl (C=O) groups excluding carboxylic acids is 3. The maximum atomic E-state index is 11.9. The van der Waals surface area contributed by atoms with Crippen LogP contribution < -0.4 is 0 Å². The molecule has 0 spiro atoms. The Morgan fingerprint density at radius 3 is 1.75 bits per heavy atom. The lowest BCUT2D eigenvalue weighted by Crippen LogP contribution is -2.37. The van der Waals surface area contributed by atoms with Gasteiger partial charge in [-0.05, 0) is 6.92 Å². The van der Waals surface area contributed by atoms with Crippen LogP contribution in [-0.4, -0.2) is 37.7 Å². The summed E-state index contributed by atoms with van der Waals surface area (Å²) in [4.78, 5) is 35.4. The van der Waals surface area contributed by atoms with E-state index in [2.05, 4.69) is 13.2 Å². The van der Waals surface area contributed by atoms with Crippen LogP contribution in [0.5, 0.6) is 0 Å². The predicted molar refractivity (Wildman–Crippen MR) is 71.6 cm³/mol. The van der Waals surface area contributed by atoms with Crippen molar-refractivity contribution in [2.24, 2.45) is 11.8 Å². The van der Waals surface area contributed by atoms with Crippen molar-refractivity contribution in [1.82, 2.24) is 0 Å². The summed E-state index contributed by atoms with van der Waals surface area (Å²) in [5, 5.41) is 0. The first-order valence-corrected chi connectivity index (χ1v) is 6.21. The highest BCUT2D eigenvalue weighted by Gasteiger charge is 2.39. The summed E-state index contributed by atoms with van der Waals surface area (Å²) in [5.41, 5.74) is 0. The normalized spacial score (nSPS) is 11.3. The molecular formula is C14H20O6. The van der Waals surface area contributed by atoms with Crippen LogP contribution in [0.1, 0.15) is 13.8 Å². The van der Waals surface area contributed by atoms with Gasteiger partial charge in [0.05, 0.1) is 12.5 Å². The highest BCUT2D eigenvalue weighted by Crippen LogP contribution is 2.17. The topological polar surface area (TPSA) is 78.9 Å². The van der Waals surface area contributed by atoms with E-state index in [9.17, 15) is 14.4 Å². The van der Waals surface area contributed by atoms with Gasteiger partial charge in [-0.3, -0.25) is 14.4 Å². The molecule has 0 rings (SSSR count). The van der Waals surface area contributed by atoms with Crippen molar-refractivity contribution in [2.75, 3.05) is 19.8 Å². The lowest BCUT2D eigenvalue weighted by molar-refractivity contribution is -0.170. The number of esters is 3. The lowest BCUT2D eigenvalue weighted by Gasteiger charge is -2.19. The van der Waals surface area contributed by atoms with Gasteiger partial charge in [-0.2, -0.15) is 0 Å². The average molecular weight is 284 g/mol. The third-order valence-corrected chi connectivity index (χ3v) is 2.35. The Morgan fingerprint density at radius 1 is 0.950 bits per heavy atom. The molecule has 0 aliphatic carbocycles. The number of rotatable bonds is 9. The quantitative estimate of drug-likeness (QED) is 0.274. The molecule has 0 bridgehead atoms. The maximum Gasteiger partial charge on any atom is 0.321 e. The highest BCUT2D eigenvalue weighted by molar-refractivity contribution is 5.99. The van der Waals surface area contributed by atoms with Crippen molar-refractivity contribution in [3.05, 3.63) is 25.3 Å². The van der Waals surface area contributed by atoms with E-state index < -0.39 is 29.7 Å². The molecule has 20 heavy (non-hydrogen) atoms. The van der Waals surface area contributed by atoms with Crippen LogP contribution >= 0.6 is 0 Å². The minimum Gasteiger partial charge on any atom is -0.466 e. The van der Waals surface area contributed by atoms with Crippen LogP contribution in [0.25, 0.3) is 0 Å². The smallest absolute Gasteiger partial charge is 0.321 e. The summed E-state index contributed by atoms with van der Waals surface area (Å²) in [6.07, 6.45) is 2.72. The monoisotopic (exact) mass is 284 g/mol. The third kappa shape index (κ3) is 5.69.